The van der Waals surface area contributed by atoms with Crippen LogP contribution in [0.25, 0.3) is 21.4 Å². The molecule has 1 aromatic heterocycles. The Morgan fingerprint density at radius 3 is 2.94 bits per heavy atom. The first-order valence-electron chi connectivity index (χ1n) is 5.06. The average molecular weight is 233 g/mol. The van der Waals surface area contributed by atoms with E-state index in [1.807, 2.05) is 0 Å². The van der Waals surface area contributed by atoms with Gasteiger partial charge >= 0.3 is 0 Å². The summed E-state index contributed by atoms with van der Waals surface area (Å²) in [7, 11) is 0. The van der Waals surface area contributed by atoms with E-state index in [9.17, 15) is 10.2 Å². The van der Waals surface area contributed by atoms with Gasteiger partial charge in [0.2, 0.25) is 0 Å². The van der Waals surface area contributed by atoms with Crippen LogP contribution >= 0.6 is 0 Å². The third kappa shape index (κ3) is 2.39. The molecule has 1 aromatic carbocycles. The number of hydrogen-bond donors (Lipinski definition) is 2. The van der Waals surface area contributed by atoms with Crippen LogP contribution in [0.1, 0.15) is 11.7 Å². The Balaban J connectivity index is 2.22. The van der Waals surface area contributed by atoms with E-state index in [0.717, 1.165) is 5.39 Å². The molecule has 0 radical (unpaired) electrons. The van der Waals surface area contributed by atoms with Crippen molar-refractivity contribution in [3.8, 4) is 0 Å². The molecule has 0 saturated heterocycles. The maximum Gasteiger partial charge on any atom is 0.133 e. The third-order valence-corrected chi connectivity index (χ3v) is 2.51. The molecule has 2 N–H and O–H groups in total. The van der Waals surface area contributed by atoms with Crippen molar-refractivity contribution < 1.29 is 14.6 Å². The van der Waals surface area contributed by atoms with Gasteiger partial charge in [0.15, 0.2) is 0 Å². The Hall–Kier alpha value is -2.01. The molecule has 2 aromatic rings. The van der Waals surface area contributed by atoms with E-state index >= 15 is 0 Å². The Kier molecular flexibility index (Phi) is 3.30. The molecular formula is C11H11N3O3. The predicted octanol–water partition coefficient (Wildman–Crippen LogP) is 2.14. The number of nitrogens with zero attached hydrogens (tertiary/aromatic N) is 3. The summed E-state index contributed by atoms with van der Waals surface area (Å²) in [5, 5.41) is 23.5. The van der Waals surface area contributed by atoms with Crippen molar-refractivity contribution in [1.29, 1.82) is 0 Å². The fourth-order valence-electron chi connectivity index (χ4n) is 1.61. The van der Waals surface area contributed by atoms with E-state index in [2.05, 4.69) is 10.0 Å². The van der Waals surface area contributed by atoms with E-state index in [1.165, 1.54) is 0 Å². The Labute approximate surface area is 96.7 Å². The zero-order chi connectivity index (χ0) is 12.3. The molecule has 6 heteroatoms. The Morgan fingerprint density at radius 1 is 1.35 bits per heavy atom. The second-order valence-corrected chi connectivity index (χ2v) is 3.64. The molecular weight excluding hydrogens is 222 g/mol. The maximum atomic E-state index is 9.85. The summed E-state index contributed by atoms with van der Waals surface area (Å²) in [5.74, 6) is 0. The number of aliphatic hydroxyl groups is 2. The third-order valence-electron chi connectivity index (χ3n) is 2.51. The van der Waals surface area contributed by atoms with Crippen LogP contribution in [0.5, 0.6) is 0 Å². The molecule has 1 heterocycles. The average Bonchev–Trinajstić information content (AvgIpc) is 2.81. The zero-order valence-electron chi connectivity index (χ0n) is 8.89. The largest absolute Gasteiger partial charge is 0.464 e. The molecule has 0 fully saturated rings. The zero-order valence-corrected chi connectivity index (χ0v) is 8.89. The van der Waals surface area contributed by atoms with Crippen LogP contribution in [0.4, 0.5) is 0 Å². The molecule has 0 saturated carbocycles. The van der Waals surface area contributed by atoms with E-state index < -0.39 is 12.2 Å². The van der Waals surface area contributed by atoms with Crippen LogP contribution in [0.3, 0.4) is 0 Å². The highest BCUT2D eigenvalue weighted by atomic mass is 16.3. The van der Waals surface area contributed by atoms with E-state index in [-0.39, 0.29) is 6.54 Å². The second-order valence-electron chi connectivity index (χ2n) is 3.64. The number of fused-ring (bicyclic) bond motifs is 1. The minimum absolute atomic E-state index is 0.166. The first-order chi connectivity index (χ1) is 8.22. The van der Waals surface area contributed by atoms with Gasteiger partial charge in [-0.05, 0) is 29.3 Å². The summed E-state index contributed by atoms with van der Waals surface area (Å²) in [6, 6.07) is 6.87. The van der Waals surface area contributed by atoms with Crippen molar-refractivity contribution in [1.82, 2.24) is 0 Å². The first-order valence-corrected chi connectivity index (χ1v) is 5.06. The van der Waals surface area contributed by atoms with Crippen LogP contribution in [0.15, 0.2) is 40.1 Å². The first kappa shape index (κ1) is 11.5. The van der Waals surface area contributed by atoms with E-state index in [4.69, 9.17) is 9.95 Å². The van der Waals surface area contributed by atoms with Gasteiger partial charge in [-0.25, -0.2) is 0 Å². The van der Waals surface area contributed by atoms with Crippen molar-refractivity contribution in [2.24, 2.45) is 5.11 Å². The summed E-state index contributed by atoms with van der Waals surface area (Å²) in [6.07, 6.45) is -0.646. The van der Waals surface area contributed by atoms with E-state index in [0.29, 0.717) is 11.1 Å². The molecule has 88 valence electrons. The summed E-state index contributed by atoms with van der Waals surface area (Å²) in [5.41, 5.74) is 9.40. The van der Waals surface area contributed by atoms with Crippen molar-refractivity contribution in [2.75, 3.05) is 6.54 Å². The SMILES string of the molecule is [N-]=[N+]=NCC(O)C(O)c1ccc2occc2c1. The number of furan rings is 1. The van der Waals surface area contributed by atoms with Gasteiger partial charge < -0.3 is 14.6 Å². The van der Waals surface area contributed by atoms with Gasteiger partial charge in [-0.15, -0.1) is 0 Å². The minimum atomic E-state index is -1.12. The lowest BCUT2D eigenvalue weighted by atomic mass is 10.0. The molecule has 0 bridgehead atoms. The number of rotatable bonds is 4. The van der Waals surface area contributed by atoms with Gasteiger partial charge in [0.05, 0.1) is 18.9 Å². The monoisotopic (exact) mass is 233 g/mol. The van der Waals surface area contributed by atoms with Crippen LogP contribution in [-0.4, -0.2) is 22.9 Å². The van der Waals surface area contributed by atoms with Crippen LogP contribution in [0, 0.1) is 0 Å². The Morgan fingerprint density at radius 2 is 2.18 bits per heavy atom. The number of azide groups is 1. The van der Waals surface area contributed by atoms with Crippen LogP contribution < -0.4 is 0 Å². The second kappa shape index (κ2) is 4.88. The van der Waals surface area contributed by atoms with Crippen LogP contribution in [0.2, 0.25) is 0 Å². The molecule has 17 heavy (non-hydrogen) atoms. The van der Waals surface area contributed by atoms with Gasteiger partial charge in [-0.2, -0.15) is 0 Å². The Bertz CT molecular complexity index is 560. The molecule has 0 aliphatic rings. The van der Waals surface area contributed by atoms with Crippen molar-refractivity contribution >= 4 is 11.0 Å². The number of aliphatic hydroxyl groups excluding tert-OH is 2. The topological polar surface area (TPSA) is 102 Å². The van der Waals surface area contributed by atoms with Gasteiger partial charge in [-0.1, -0.05) is 11.2 Å². The molecule has 2 unspecified atom stereocenters. The normalized spacial score (nSPS) is 14.2. The smallest absolute Gasteiger partial charge is 0.133 e. The highest BCUT2D eigenvalue weighted by molar-refractivity contribution is 5.77. The lowest BCUT2D eigenvalue weighted by molar-refractivity contribution is 0.0245. The summed E-state index contributed by atoms with van der Waals surface area (Å²) >= 11 is 0. The van der Waals surface area contributed by atoms with Gasteiger partial charge in [0.1, 0.15) is 11.7 Å². The van der Waals surface area contributed by atoms with Crippen molar-refractivity contribution in [3.63, 3.8) is 0 Å². The molecule has 0 aliphatic carbocycles. The van der Waals surface area contributed by atoms with Crippen LogP contribution in [-0.2, 0) is 0 Å². The molecule has 0 amide bonds. The number of benzene rings is 1. The quantitative estimate of drug-likeness (QED) is 0.480. The van der Waals surface area contributed by atoms with Gasteiger partial charge in [0.25, 0.3) is 0 Å². The minimum Gasteiger partial charge on any atom is -0.464 e. The van der Waals surface area contributed by atoms with Gasteiger partial charge in [-0.3, -0.25) is 0 Å². The van der Waals surface area contributed by atoms with Crippen molar-refractivity contribution in [2.45, 2.75) is 12.2 Å². The lowest BCUT2D eigenvalue weighted by Crippen LogP contribution is -2.21. The van der Waals surface area contributed by atoms with Gasteiger partial charge in [0, 0.05) is 10.3 Å². The predicted molar refractivity (Wildman–Crippen MR) is 61.2 cm³/mol. The standard InChI is InChI=1S/C11H11N3O3/c12-14-13-6-9(15)11(16)8-1-2-10-7(5-8)3-4-17-10/h1-5,9,11,15-16H,6H2. The summed E-state index contributed by atoms with van der Waals surface area (Å²) < 4.78 is 5.17. The highest BCUT2D eigenvalue weighted by Crippen LogP contribution is 2.23. The summed E-state index contributed by atoms with van der Waals surface area (Å²) in [6.45, 7) is -0.166. The molecule has 2 atom stereocenters. The fourth-order valence-corrected chi connectivity index (χ4v) is 1.61. The lowest BCUT2D eigenvalue weighted by Gasteiger charge is -2.16. The number of hydrogen-bond acceptors (Lipinski definition) is 4. The molecule has 6 nitrogen and oxygen atoms in total. The van der Waals surface area contributed by atoms with E-state index in [1.54, 1.807) is 30.5 Å². The summed E-state index contributed by atoms with van der Waals surface area (Å²) in [4.78, 5) is 2.53. The maximum absolute atomic E-state index is 9.85. The molecule has 0 spiro atoms. The fraction of sp³-hybridized carbons (Fsp3) is 0.273. The molecule has 2 rings (SSSR count). The molecule has 0 aliphatic heterocycles. The van der Waals surface area contributed by atoms with Crippen molar-refractivity contribution in [3.05, 3.63) is 46.5 Å². The highest BCUT2D eigenvalue weighted by Gasteiger charge is 2.17.